The first-order chi connectivity index (χ1) is 5.90. The van der Waals surface area contributed by atoms with E-state index in [0.29, 0.717) is 6.54 Å². The van der Waals surface area contributed by atoms with E-state index in [2.05, 4.69) is 10.1 Å². The molecule has 0 aromatic carbocycles. The summed E-state index contributed by atoms with van der Waals surface area (Å²) in [5.41, 5.74) is -0.784. The van der Waals surface area contributed by atoms with Gasteiger partial charge in [0.15, 0.2) is 0 Å². The van der Waals surface area contributed by atoms with Crippen LogP contribution in [0.5, 0.6) is 0 Å². The number of nitrogens with one attached hydrogen (secondary N) is 1. The van der Waals surface area contributed by atoms with E-state index < -0.39 is 5.60 Å². The van der Waals surface area contributed by atoms with E-state index in [1.807, 2.05) is 13.8 Å². The van der Waals surface area contributed by atoms with Crippen molar-refractivity contribution in [2.45, 2.75) is 26.4 Å². The molecule has 0 bridgehead atoms. The molecular weight excluding hydrogens is 170 g/mol. The maximum Gasteiger partial charge on any atom is 0.319 e. The van der Waals surface area contributed by atoms with E-state index in [1.165, 1.54) is 7.11 Å². The van der Waals surface area contributed by atoms with Crippen molar-refractivity contribution in [3.8, 4) is 0 Å². The molecule has 4 nitrogen and oxygen atoms in total. The molecule has 2 N–H and O–H groups in total. The van der Waals surface area contributed by atoms with Crippen molar-refractivity contribution in [2.24, 2.45) is 5.92 Å². The van der Waals surface area contributed by atoms with Gasteiger partial charge >= 0.3 is 5.97 Å². The lowest BCUT2D eigenvalue weighted by atomic mass is 9.93. The van der Waals surface area contributed by atoms with E-state index in [0.717, 1.165) is 0 Å². The summed E-state index contributed by atoms with van der Waals surface area (Å²) in [6.45, 7) is 6.13. The molecule has 0 aliphatic carbocycles. The highest BCUT2D eigenvalue weighted by atomic mass is 16.5. The molecule has 0 fully saturated rings. The van der Waals surface area contributed by atoms with Crippen LogP contribution in [-0.2, 0) is 9.53 Å². The van der Waals surface area contributed by atoms with E-state index >= 15 is 0 Å². The zero-order valence-electron chi connectivity index (χ0n) is 8.76. The number of methoxy groups -OCH3 is 1. The molecule has 4 heteroatoms. The van der Waals surface area contributed by atoms with Gasteiger partial charge in [-0.25, -0.2) is 0 Å². The molecule has 1 unspecified atom stereocenters. The quantitative estimate of drug-likeness (QED) is 0.605. The minimum Gasteiger partial charge on any atom is -0.468 e. The molecule has 0 aromatic heterocycles. The summed E-state index contributed by atoms with van der Waals surface area (Å²) >= 11 is 0. The molecule has 13 heavy (non-hydrogen) atoms. The molecule has 0 saturated heterocycles. The van der Waals surface area contributed by atoms with Crippen LogP contribution in [0.3, 0.4) is 0 Å². The third-order valence-electron chi connectivity index (χ3n) is 2.22. The van der Waals surface area contributed by atoms with Crippen LogP contribution in [0.15, 0.2) is 0 Å². The Morgan fingerprint density at radius 2 is 2.15 bits per heavy atom. The molecule has 0 spiro atoms. The smallest absolute Gasteiger partial charge is 0.319 e. The monoisotopic (exact) mass is 189 g/mol. The Kier molecular flexibility index (Phi) is 4.95. The molecule has 0 aliphatic rings. The Hall–Kier alpha value is -0.610. The summed E-state index contributed by atoms with van der Waals surface area (Å²) in [6.07, 6.45) is 0. The Morgan fingerprint density at radius 3 is 2.54 bits per heavy atom. The number of esters is 1. The fourth-order valence-corrected chi connectivity index (χ4v) is 0.694. The number of carbonyl (C=O) groups is 1. The average Bonchev–Trinajstić information content (AvgIpc) is 2.03. The zero-order chi connectivity index (χ0) is 10.5. The lowest BCUT2D eigenvalue weighted by Crippen LogP contribution is -2.43. The van der Waals surface area contributed by atoms with E-state index in [9.17, 15) is 9.90 Å². The van der Waals surface area contributed by atoms with E-state index in [-0.39, 0.29) is 18.4 Å². The minimum atomic E-state index is -0.784. The molecule has 0 radical (unpaired) electrons. The van der Waals surface area contributed by atoms with Crippen LogP contribution in [0.2, 0.25) is 0 Å². The number of ether oxygens (including phenoxy) is 1. The highest BCUT2D eigenvalue weighted by Crippen LogP contribution is 2.13. The predicted octanol–water partition coefficient (Wildman–Crippen LogP) is 0.156. The van der Waals surface area contributed by atoms with Gasteiger partial charge in [-0.3, -0.25) is 4.79 Å². The van der Waals surface area contributed by atoms with Crippen molar-refractivity contribution < 1.29 is 14.6 Å². The van der Waals surface area contributed by atoms with Gasteiger partial charge in [-0.2, -0.15) is 0 Å². The highest BCUT2D eigenvalue weighted by molar-refractivity contribution is 5.71. The van der Waals surface area contributed by atoms with Crippen LogP contribution in [0.4, 0.5) is 0 Å². The van der Waals surface area contributed by atoms with Crippen molar-refractivity contribution in [1.29, 1.82) is 0 Å². The molecule has 0 rings (SSSR count). The standard InChI is InChI=1S/C9H19NO3/c1-7(2)9(3,12)6-10-5-8(11)13-4/h7,10,12H,5-6H2,1-4H3. The van der Waals surface area contributed by atoms with Crippen molar-refractivity contribution in [3.63, 3.8) is 0 Å². The summed E-state index contributed by atoms with van der Waals surface area (Å²) in [5.74, 6) is -0.169. The Morgan fingerprint density at radius 1 is 1.62 bits per heavy atom. The van der Waals surface area contributed by atoms with E-state index in [1.54, 1.807) is 6.92 Å². The van der Waals surface area contributed by atoms with E-state index in [4.69, 9.17) is 0 Å². The Bertz CT molecular complexity index is 166. The van der Waals surface area contributed by atoms with Gasteiger partial charge in [-0.05, 0) is 12.8 Å². The number of aliphatic hydroxyl groups is 1. The predicted molar refractivity (Wildman–Crippen MR) is 50.3 cm³/mol. The first kappa shape index (κ1) is 12.4. The molecule has 78 valence electrons. The minimum absolute atomic E-state index is 0.138. The average molecular weight is 189 g/mol. The topological polar surface area (TPSA) is 58.6 Å². The fourth-order valence-electron chi connectivity index (χ4n) is 0.694. The lowest BCUT2D eigenvalue weighted by molar-refractivity contribution is -0.139. The molecule has 0 aromatic rings. The van der Waals surface area contributed by atoms with Crippen LogP contribution in [0, 0.1) is 5.92 Å². The van der Waals surface area contributed by atoms with Gasteiger partial charge < -0.3 is 15.2 Å². The number of hydrogen-bond acceptors (Lipinski definition) is 4. The Labute approximate surface area is 79.3 Å². The Balaban J connectivity index is 3.70. The maximum atomic E-state index is 10.7. The lowest BCUT2D eigenvalue weighted by Gasteiger charge is -2.27. The van der Waals surface area contributed by atoms with Crippen molar-refractivity contribution >= 4 is 5.97 Å². The summed E-state index contributed by atoms with van der Waals surface area (Å²) in [5, 5.41) is 12.6. The molecule has 0 aliphatic heterocycles. The van der Waals surface area contributed by atoms with Crippen LogP contribution in [0.1, 0.15) is 20.8 Å². The number of carbonyl (C=O) groups excluding carboxylic acids is 1. The van der Waals surface area contributed by atoms with Gasteiger partial charge in [-0.1, -0.05) is 13.8 Å². The molecule has 0 amide bonds. The SMILES string of the molecule is COC(=O)CNCC(C)(O)C(C)C. The summed E-state index contributed by atoms with van der Waals surface area (Å²) in [4.78, 5) is 10.7. The second kappa shape index (κ2) is 5.19. The van der Waals surface area contributed by atoms with Crippen LogP contribution < -0.4 is 5.32 Å². The second-order valence-electron chi connectivity index (χ2n) is 3.69. The van der Waals surface area contributed by atoms with Gasteiger partial charge in [0.1, 0.15) is 0 Å². The molecular formula is C9H19NO3. The van der Waals surface area contributed by atoms with Crippen molar-refractivity contribution in [1.82, 2.24) is 5.32 Å². The first-order valence-electron chi connectivity index (χ1n) is 4.40. The first-order valence-corrected chi connectivity index (χ1v) is 4.40. The van der Waals surface area contributed by atoms with Crippen molar-refractivity contribution in [2.75, 3.05) is 20.2 Å². The van der Waals surface area contributed by atoms with Gasteiger partial charge in [0.2, 0.25) is 0 Å². The third kappa shape index (κ3) is 4.85. The van der Waals surface area contributed by atoms with Gasteiger partial charge in [-0.15, -0.1) is 0 Å². The zero-order valence-corrected chi connectivity index (χ0v) is 8.76. The summed E-state index contributed by atoms with van der Waals surface area (Å²) < 4.78 is 4.44. The van der Waals surface area contributed by atoms with Gasteiger partial charge in [0.05, 0.1) is 19.3 Å². The fraction of sp³-hybridized carbons (Fsp3) is 0.889. The molecule has 0 heterocycles. The van der Waals surface area contributed by atoms with Crippen LogP contribution in [-0.4, -0.2) is 36.9 Å². The third-order valence-corrected chi connectivity index (χ3v) is 2.22. The largest absolute Gasteiger partial charge is 0.468 e. The number of rotatable bonds is 5. The summed E-state index contributed by atoms with van der Waals surface area (Å²) in [6, 6.07) is 0. The molecule has 0 saturated carbocycles. The van der Waals surface area contributed by atoms with Crippen LogP contribution >= 0.6 is 0 Å². The van der Waals surface area contributed by atoms with Gasteiger partial charge in [0, 0.05) is 6.54 Å². The van der Waals surface area contributed by atoms with Crippen LogP contribution in [0.25, 0.3) is 0 Å². The highest BCUT2D eigenvalue weighted by Gasteiger charge is 2.24. The van der Waals surface area contributed by atoms with Gasteiger partial charge in [0.25, 0.3) is 0 Å². The summed E-state index contributed by atoms with van der Waals surface area (Å²) in [7, 11) is 1.34. The normalized spacial score (nSPS) is 15.5. The van der Waals surface area contributed by atoms with Crippen molar-refractivity contribution in [3.05, 3.63) is 0 Å². The second-order valence-corrected chi connectivity index (χ2v) is 3.69. The maximum absolute atomic E-state index is 10.7. The molecule has 1 atom stereocenters. The number of hydrogen-bond donors (Lipinski definition) is 2.